The lowest BCUT2D eigenvalue weighted by molar-refractivity contribution is 0.464. The van der Waals surface area contributed by atoms with Crippen molar-refractivity contribution in [1.82, 2.24) is 9.97 Å². The third-order valence-electron chi connectivity index (χ3n) is 10.0. The zero-order chi connectivity index (χ0) is 34.3. The lowest BCUT2D eigenvalue weighted by Gasteiger charge is -2.35. The Balaban J connectivity index is 1.99. The van der Waals surface area contributed by atoms with E-state index in [0.717, 1.165) is 29.1 Å². The topological polar surface area (TPSA) is 32.3 Å². The van der Waals surface area contributed by atoms with Crippen molar-refractivity contribution in [2.45, 2.75) is 77.0 Å². The van der Waals surface area contributed by atoms with E-state index in [2.05, 4.69) is 0 Å². The molecule has 0 amide bonds. The van der Waals surface area contributed by atoms with Crippen molar-refractivity contribution >= 4 is 11.4 Å². The van der Waals surface area contributed by atoms with Crippen LogP contribution in [-0.4, -0.2) is 38.2 Å². The molecule has 0 N–H and O–H groups in total. The summed E-state index contributed by atoms with van der Waals surface area (Å²) in [6, 6.07) is 13.0. The second kappa shape index (κ2) is 10.8. The number of halogens is 4. The Bertz CT molecular complexity index is 1610. The van der Waals surface area contributed by atoms with Gasteiger partial charge in [0.05, 0.1) is 28.2 Å². The summed E-state index contributed by atoms with van der Waals surface area (Å²) in [5, 5.41) is 0. The molecule has 1 aliphatic rings. The first-order valence-electron chi connectivity index (χ1n) is 15.5. The zero-order valence-corrected chi connectivity index (χ0v) is 28.9. The molecule has 4 aromatic rings. The molecule has 8 bridgehead atoms. The van der Waals surface area contributed by atoms with Crippen molar-refractivity contribution in [3.63, 3.8) is 0 Å². The summed E-state index contributed by atoms with van der Waals surface area (Å²) >= 11 is 0. The van der Waals surface area contributed by atoms with Gasteiger partial charge in [-0.3, -0.25) is 4.98 Å². The average molecular weight is 633 g/mol. The van der Waals surface area contributed by atoms with Gasteiger partial charge in [-0.05, 0) is 66.4 Å². The Morgan fingerprint density at radius 2 is 0.848 bits per heavy atom. The van der Waals surface area contributed by atoms with E-state index in [9.17, 15) is 0 Å². The zero-order valence-electron chi connectivity index (χ0n) is 28.9. The van der Waals surface area contributed by atoms with Crippen molar-refractivity contribution in [3.8, 4) is 0 Å². The predicted molar refractivity (Wildman–Crippen MR) is 178 cm³/mol. The number of benzene rings is 2. The Hall–Kier alpha value is -3.94. The third kappa shape index (κ3) is 5.23. The monoisotopic (exact) mass is 632 g/mol. The van der Waals surface area contributed by atoms with E-state index in [4.69, 9.17) is 9.97 Å². The van der Waals surface area contributed by atoms with Gasteiger partial charge in [-0.25, -0.2) is 22.5 Å². The first-order chi connectivity index (χ1) is 21.1. The molecule has 0 fully saturated rings. The Labute approximate surface area is 270 Å². The average Bonchev–Trinajstić information content (AvgIpc) is 2.95. The molecule has 46 heavy (non-hydrogen) atoms. The summed E-state index contributed by atoms with van der Waals surface area (Å²) in [4.78, 5) is 13.6. The standard InChI is InChI=1S/C38H44F4N4/c1-35(2)21-13-22(15-23(14-21)45(9)10)36(3,4)33-29(41)20-30(42)34(44-33)38(7,8)32-17-24(46(11)12)16-31(43-32)37(5,6)26-18-25(35)27(39)19-28(26)40/h13-20H,1-12H3. The lowest BCUT2D eigenvalue weighted by atomic mass is 9.71. The van der Waals surface area contributed by atoms with Crippen LogP contribution in [0.15, 0.2) is 48.5 Å². The minimum atomic E-state index is -1.12. The van der Waals surface area contributed by atoms with Crippen LogP contribution in [0.25, 0.3) is 0 Å². The van der Waals surface area contributed by atoms with E-state index in [1.165, 1.54) is 0 Å². The molecule has 1 aliphatic heterocycles. The summed E-state index contributed by atoms with van der Waals surface area (Å²) in [6.07, 6.45) is 0. The first kappa shape index (κ1) is 33.4. The van der Waals surface area contributed by atoms with Gasteiger partial charge in [0.15, 0.2) is 0 Å². The fourth-order valence-corrected chi connectivity index (χ4v) is 6.41. The van der Waals surface area contributed by atoms with Crippen LogP contribution in [0.2, 0.25) is 0 Å². The predicted octanol–water partition coefficient (Wildman–Crippen LogP) is 8.78. The van der Waals surface area contributed by atoms with Gasteiger partial charge >= 0.3 is 0 Å². The van der Waals surface area contributed by atoms with Gasteiger partial charge in [0.2, 0.25) is 0 Å². The summed E-state index contributed by atoms with van der Waals surface area (Å²) in [6.45, 7) is 14.8. The molecule has 8 heteroatoms. The van der Waals surface area contributed by atoms with Gasteiger partial charge in [-0.2, -0.15) is 0 Å². The number of nitrogens with zero attached hydrogens (tertiary/aromatic N) is 4. The van der Waals surface area contributed by atoms with E-state index in [1.807, 2.05) is 110 Å². The molecule has 0 unspecified atom stereocenters. The van der Waals surface area contributed by atoms with E-state index in [1.54, 1.807) is 19.9 Å². The number of aromatic nitrogens is 2. The number of anilines is 2. The van der Waals surface area contributed by atoms with Crippen molar-refractivity contribution < 1.29 is 17.6 Å². The van der Waals surface area contributed by atoms with Crippen LogP contribution in [0, 0.1) is 23.3 Å². The van der Waals surface area contributed by atoms with Crippen molar-refractivity contribution in [2.75, 3.05) is 38.0 Å². The van der Waals surface area contributed by atoms with E-state index >= 15 is 17.6 Å². The van der Waals surface area contributed by atoms with Gasteiger partial charge in [-0.15, -0.1) is 0 Å². The molecule has 2 aromatic heterocycles. The van der Waals surface area contributed by atoms with E-state index < -0.39 is 44.9 Å². The molecule has 2 aromatic carbocycles. The molecule has 0 radical (unpaired) electrons. The molecular formula is C38H44F4N4. The SMILES string of the molecule is CN(C)c1cc2cc(c1)C(C)(C)c1nc(c(F)cc1F)C(C)(C)c1cc(N(C)C)cc(n1)C(C)(C)c1cc(c(F)cc1F)C2(C)C. The van der Waals surface area contributed by atoms with E-state index in [-0.39, 0.29) is 17.0 Å². The Morgan fingerprint density at radius 1 is 0.435 bits per heavy atom. The number of pyridine rings is 2. The fourth-order valence-electron chi connectivity index (χ4n) is 6.41. The van der Waals surface area contributed by atoms with Gasteiger partial charge in [0.1, 0.15) is 23.3 Å². The van der Waals surface area contributed by atoms with Crippen LogP contribution in [0.1, 0.15) is 100 Å². The largest absolute Gasteiger partial charge is 0.378 e. The van der Waals surface area contributed by atoms with Gasteiger partial charge in [0.25, 0.3) is 0 Å². The number of hydrogen-bond acceptors (Lipinski definition) is 4. The highest BCUT2D eigenvalue weighted by Gasteiger charge is 2.40. The van der Waals surface area contributed by atoms with Crippen LogP contribution in [0.4, 0.5) is 28.9 Å². The molecule has 3 heterocycles. The lowest BCUT2D eigenvalue weighted by Crippen LogP contribution is -2.32. The maximum atomic E-state index is 15.9. The van der Waals surface area contributed by atoms with Crippen molar-refractivity contribution in [2.24, 2.45) is 0 Å². The maximum Gasteiger partial charge on any atom is 0.148 e. The van der Waals surface area contributed by atoms with Crippen LogP contribution >= 0.6 is 0 Å². The maximum absolute atomic E-state index is 15.9. The van der Waals surface area contributed by atoms with Gasteiger partial charge in [0, 0.05) is 67.9 Å². The molecule has 0 saturated heterocycles. The highest BCUT2D eigenvalue weighted by molar-refractivity contribution is 5.58. The quantitative estimate of drug-likeness (QED) is 0.207. The molecule has 0 atom stereocenters. The molecule has 244 valence electrons. The molecule has 5 rings (SSSR count). The summed E-state index contributed by atoms with van der Waals surface area (Å²) < 4.78 is 63.6. The third-order valence-corrected chi connectivity index (χ3v) is 10.0. The van der Waals surface area contributed by atoms with Crippen LogP contribution < -0.4 is 9.80 Å². The minimum Gasteiger partial charge on any atom is -0.378 e. The highest BCUT2D eigenvalue weighted by atomic mass is 19.1. The summed E-state index contributed by atoms with van der Waals surface area (Å²) in [5.74, 6) is -2.88. The van der Waals surface area contributed by atoms with Gasteiger partial charge < -0.3 is 9.80 Å². The normalized spacial score (nSPS) is 17.4. The smallest absolute Gasteiger partial charge is 0.148 e. The van der Waals surface area contributed by atoms with Gasteiger partial charge in [-0.1, -0.05) is 47.6 Å². The molecular weight excluding hydrogens is 588 g/mol. The van der Waals surface area contributed by atoms with E-state index in [0.29, 0.717) is 22.5 Å². The minimum absolute atomic E-state index is 0.0517. The second-order valence-electron chi connectivity index (χ2n) is 15.1. The molecule has 0 aliphatic carbocycles. The van der Waals surface area contributed by atoms with Crippen molar-refractivity contribution in [1.29, 1.82) is 0 Å². The number of fused-ring (bicyclic) bond motifs is 8. The number of hydrogen-bond donors (Lipinski definition) is 0. The number of rotatable bonds is 2. The summed E-state index contributed by atoms with van der Waals surface area (Å²) in [5.41, 5.74) is 0.660. The fraction of sp³-hybridized carbons (Fsp3) is 0.421. The molecule has 0 spiro atoms. The summed E-state index contributed by atoms with van der Waals surface area (Å²) in [7, 11) is 7.55. The highest BCUT2D eigenvalue weighted by Crippen LogP contribution is 2.45. The van der Waals surface area contributed by atoms with Crippen LogP contribution in [-0.2, 0) is 21.7 Å². The second-order valence-corrected chi connectivity index (χ2v) is 15.1. The molecule has 4 nitrogen and oxygen atoms in total. The Morgan fingerprint density at radius 3 is 1.37 bits per heavy atom. The van der Waals surface area contributed by atoms with Crippen LogP contribution in [0.5, 0.6) is 0 Å². The Kier molecular flexibility index (Phi) is 7.86. The first-order valence-corrected chi connectivity index (χ1v) is 15.5. The van der Waals surface area contributed by atoms with Crippen molar-refractivity contribution in [3.05, 3.63) is 117 Å². The van der Waals surface area contributed by atoms with Crippen LogP contribution in [0.3, 0.4) is 0 Å². The molecule has 0 saturated carbocycles.